The van der Waals surface area contributed by atoms with E-state index in [4.69, 9.17) is 23.2 Å². The highest BCUT2D eigenvalue weighted by atomic mass is 35.5. The number of aryl methyl sites for hydroxylation is 1. The zero-order valence-electron chi connectivity index (χ0n) is 7.01. The van der Waals surface area contributed by atoms with Gasteiger partial charge >= 0.3 is 0 Å². The van der Waals surface area contributed by atoms with E-state index in [1.807, 2.05) is 25.1 Å². The van der Waals surface area contributed by atoms with Gasteiger partial charge in [0.1, 0.15) is 5.15 Å². The number of nitrogens with zero attached hydrogens (tertiary/aromatic N) is 1. The monoisotopic (exact) mass is 211 g/mol. The molecule has 0 bridgehead atoms. The Hall–Kier alpha value is -0.790. The fraction of sp³-hybridized carbons (Fsp3) is 0.100. The minimum atomic E-state index is 0.512. The molecule has 0 atom stereocenters. The second-order valence-corrected chi connectivity index (χ2v) is 3.65. The summed E-state index contributed by atoms with van der Waals surface area (Å²) in [6, 6.07) is 5.68. The zero-order chi connectivity index (χ0) is 9.42. The summed E-state index contributed by atoms with van der Waals surface area (Å²) in [5, 5.41) is 3.13. The molecule has 66 valence electrons. The van der Waals surface area contributed by atoms with E-state index in [1.165, 1.54) is 0 Å². The van der Waals surface area contributed by atoms with Crippen molar-refractivity contribution in [2.75, 3.05) is 0 Å². The molecule has 1 aromatic carbocycles. The van der Waals surface area contributed by atoms with Crippen LogP contribution in [0.3, 0.4) is 0 Å². The molecule has 0 N–H and O–H groups in total. The first-order chi connectivity index (χ1) is 6.20. The molecule has 0 aliphatic rings. The summed E-state index contributed by atoms with van der Waals surface area (Å²) in [6.07, 6.45) is 1.66. The predicted octanol–water partition coefficient (Wildman–Crippen LogP) is 3.85. The number of fused-ring (bicyclic) bond motifs is 1. The molecule has 0 fully saturated rings. The smallest absolute Gasteiger partial charge is 0.137 e. The topological polar surface area (TPSA) is 12.9 Å². The van der Waals surface area contributed by atoms with Crippen LogP contribution in [0.25, 0.3) is 10.8 Å². The lowest BCUT2D eigenvalue weighted by atomic mass is 10.1. The third-order valence-electron chi connectivity index (χ3n) is 2.04. The summed E-state index contributed by atoms with van der Waals surface area (Å²) in [5.41, 5.74) is 1.09. The molecule has 0 unspecified atom stereocenters. The van der Waals surface area contributed by atoms with Crippen molar-refractivity contribution in [3.05, 3.63) is 40.1 Å². The molecular weight excluding hydrogens is 205 g/mol. The molecule has 3 heteroatoms. The SMILES string of the molecule is Cc1ccc(Cl)c2ccnc(Cl)c12. The summed E-state index contributed by atoms with van der Waals surface area (Å²) in [7, 11) is 0. The highest BCUT2D eigenvalue weighted by molar-refractivity contribution is 6.39. The Morgan fingerprint density at radius 3 is 2.62 bits per heavy atom. The maximum atomic E-state index is 6.01. The molecule has 13 heavy (non-hydrogen) atoms. The van der Waals surface area contributed by atoms with Gasteiger partial charge in [0.15, 0.2) is 0 Å². The molecule has 0 amide bonds. The van der Waals surface area contributed by atoms with Crippen molar-refractivity contribution in [3.8, 4) is 0 Å². The van der Waals surface area contributed by atoms with E-state index in [9.17, 15) is 0 Å². The number of benzene rings is 1. The molecule has 0 spiro atoms. The molecule has 1 nitrogen and oxygen atoms in total. The molecule has 0 radical (unpaired) electrons. The summed E-state index contributed by atoms with van der Waals surface area (Å²) in [4.78, 5) is 4.02. The van der Waals surface area contributed by atoms with Crippen molar-refractivity contribution in [3.63, 3.8) is 0 Å². The van der Waals surface area contributed by atoms with Crippen LogP contribution in [-0.2, 0) is 0 Å². The Bertz CT molecular complexity index is 457. The van der Waals surface area contributed by atoms with E-state index >= 15 is 0 Å². The van der Waals surface area contributed by atoms with Gasteiger partial charge in [-0.15, -0.1) is 0 Å². The summed E-state index contributed by atoms with van der Waals surface area (Å²) >= 11 is 12.0. The van der Waals surface area contributed by atoms with Crippen LogP contribution in [0.15, 0.2) is 24.4 Å². The van der Waals surface area contributed by atoms with Crippen LogP contribution in [0.4, 0.5) is 0 Å². The number of hydrogen-bond donors (Lipinski definition) is 0. The second kappa shape index (κ2) is 3.17. The van der Waals surface area contributed by atoms with Gasteiger partial charge in [0, 0.05) is 22.0 Å². The van der Waals surface area contributed by atoms with Crippen LogP contribution in [0.1, 0.15) is 5.56 Å². The minimum absolute atomic E-state index is 0.512. The number of rotatable bonds is 0. The summed E-state index contributed by atoms with van der Waals surface area (Å²) in [6.45, 7) is 1.99. The van der Waals surface area contributed by atoms with Crippen molar-refractivity contribution in [2.24, 2.45) is 0 Å². The Labute approximate surface area is 86.3 Å². The third-order valence-corrected chi connectivity index (χ3v) is 2.65. The molecule has 2 aromatic rings. The zero-order valence-corrected chi connectivity index (χ0v) is 8.52. The van der Waals surface area contributed by atoms with Crippen molar-refractivity contribution >= 4 is 34.0 Å². The molecule has 0 aliphatic carbocycles. The van der Waals surface area contributed by atoms with Gasteiger partial charge in [-0.2, -0.15) is 0 Å². The van der Waals surface area contributed by atoms with Gasteiger partial charge in [-0.25, -0.2) is 4.98 Å². The largest absolute Gasteiger partial charge is 0.244 e. The fourth-order valence-electron chi connectivity index (χ4n) is 1.38. The first kappa shape index (κ1) is 8.79. The Kier molecular flexibility index (Phi) is 2.14. The van der Waals surface area contributed by atoms with Crippen LogP contribution in [0.5, 0.6) is 0 Å². The Balaban J connectivity index is 3.00. The lowest BCUT2D eigenvalue weighted by molar-refractivity contribution is 1.35. The molecule has 0 saturated carbocycles. The fourth-order valence-corrected chi connectivity index (χ4v) is 1.91. The number of halogens is 2. The van der Waals surface area contributed by atoms with Crippen molar-refractivity contribution < 1.29 is 0 Å². The summed E-state index contributed by atoms with van der Waals surface area (Å²) < 4.78 is 0. The van der Waals surface area contributed by atoms with Gasteiger partial charge in [-0.1, -0.05) is 29.3 Å². The van der Waals surface area contributed by atoms with Crippen LogP contribution < -0.4 is 0 Å². The average molecular weight is 212 g/mol. The van der Waals surface area contributed by atoms with E-state index in [-0.39, 0.29) is 0 Å². The van der Waals surface area contributed by atoms with Gasteiger partial charge in [0.25, 0.3) is 0 Å². The van der Waals surface area contributed by atoms with Crippen LogP contribution in [-0.4, -0.2) is 4.98 Å². The molecular formula is C10H7Cl2N. The third kappa shape index (κ3) is 1.38. The molecule has 0 aliphatic heterocycles. The standard InChI is InChI=1S/C10H7Cl2N/c1-6-2-3-8(11)7-4-5-13-10(12)9(6)7/h2-5H,1H3. The van der Waals surface area contributed by atoms with E-state index in [0.29, 0.717) is 10.2 Å². The van der Waals surface area contributed by atoms with Gasteiger partial charge in [-0.3, -0.25) is 0 Å². The maximum Gasteiger partial charge on any atom is 0.137 e. The highest BCUT2D eigenvalue weighted by Crippen LogP contribution is 2.29. The van der Waals surface area contributed by atoms with Gasteiger partial charge in [-0.05, 0) is 24.6 Å². The molecule has 1 heterocycles. The molecule has 0 saturated heterocycles. The van der Waals surface area contributed by atoms with Crippen molar-refractivity contribution in [1.29, 1.82) is 0 Å². The number of hydrogen-bond acceptors (Lipinski definition) is 1. The maximum absolute atomic E-state index is 6.01. The normalized spacial score (nSPS) is 10.7. The number of pyridine rings is 1. The van der Waals surface area contributed by atoms with Gasteiger partial charge in [0.2, 0.25) is 0 Å². The lowest BCUT2D eigenvalue weighted by Crippen LogP contribution is -1.83. The molecule has 2 rings (SSSR count). The molecule has 1 aromatic heterocycles. The lowest BCUT2D eigenvalue weighted by Gasteiger charge is -2.04. The van der Waals surface area contributed by atoms with E-state index in [1.54, 1.807) is 6.20 Å². The van der Waals surface area contributed by atoms with Crippen LogP contribution >= 0.6 is 23.2 Å². The predicted molar refractivity (Wildman–Crippen MR) is 56.5 cm³/mol. The highest BCUT2D eigenvalue weighted by Gasteiger charge is 2.05. The van der Waals surface area contributed by atoms with Crippen LogP contribution in [0, 0.1) is 6.92 Å². The number of aromatic nitrogens is 1. The summed E-state index contributed by atoms with van der Waals surface area (Å²) in [5.74, 6) is 0. The first-order valence-corrected chi connectivity index (χ1v) is 4.65. The van der Waals surface area contributed by atoms with E-state index in [2.05, 4.69) is 4.98 Å². The van der Waals surface area contributed by atoms with Gasteiger partial charge in [0.05, 0.1) is 0 Å². The van der Waals surface area contributed by atoms with Crippen molar-refractivity contribution in [2.45, 2.75) is 6.92 Å². The Morgan fingerprint density at radius 1 is 1.15 bits per heavy atom. The minimum Gasteiger partial charge on any atom is -0.244 e. The van der Waals surface area contributed by atoms with E-state index in [0.717, 1.165) is 16.3 Å². The van der Waals surface area contributed by atoms with Crippen molar-refractivity contribution in [1.82, 2.24) is 4.98 Å². The average Bonchev–Trinajstić information content (AvgIpc) is 2.12. The second-order valence-electron chi connectivity index (χ2n) is 2.89. The van der Waals surface area contributed by atoms with E-state index < -0.39 is 0 Å². The van der Waals surface area contributed by atoms with Gasteiger partial charge < -0.3 is 0 Å². The van der Waals surface area contributed by atoms with Crippen LogP contribution in [0.2, 0.25) is 10.2 Å². The Morgan fingerprint density at radius 2 is 1.92 bits per heavy atom. The first-order valence-electron chi connectivity index (χ1n) is 3.89. The quantitative estimate of drug-likeness (QED) is 0.604.